The number of ketones is 1. The van der Waals surface area contributed by atoms with Crippen LogP contribution in [0, 0.1) is 0 Å². The van der Waals surface area contributed by atoms with Gasteiger partial charge in [0.1, 0.15) is 5.57 Å². The number of allylic oxidation sites excluding steroid dienone is 2. The molecule has 1 aliphatic rings. The van der Waals surface area contributed by atoms with Gasteiger partial charge in [0.2, 0.25) is 5.78 Å². The fourth-order valence-corrected chi connectivity index (χ4v) is 3.20. The van der Waals surface area contributed by atoms with E-state index in [2.05, 4.69) is 26.0 Å². The van der Waals surface area contributed by atoms with Crippen LogP contribution < -0.4 is 4.90 Å². The van der Waals surface area contributed by atoms with Gasteiger partial charge in [-0.3, -0.25) is 4.79 Å². The highest BCUT2D eigenvalue weighted by Crippen LogP contribution is 2.35. The highest BCUT2D eigenvalue weighted by Gasteiger charge is 2.38. The van der Waals surface area contributed by atoms with Gasteiger partial charge in [0.05, 0.1) is 12.8 Å². The Bertz CT molecular complexity index is 922. The predicted molar refractivity (Wildman–Crippen MR) is 107 cm³/mol. The number of carbonyl (C=O) groups is 2. The Labute approximate surface area is 159 Å². The molecular formula is C23H23NO3. The van der Waals surface area contributed by atoms with E-state index in [1.54, 1.807) is 6.92 Å². The number of anilines is 1. The van der Waals surface area contributed by atoms with Gasteiger partial charge < -0.3 is 9.64 Å². The molecule has 0 aromatic heterocycles. The molecule has 0 radical (unpaired) electrons. The molecule has 1 aliphatic heterocycles. The number of hydrogen-bond acceptors (Lipinski definition) is 4. The fraction of sp³-hybridized carbons (Fsp3) is 0.217. The van der Waals surface area contributed by atoms with E-state index in [-0.39, 0.29) is 11.4 Å². The van der Waals surface area contributed by atoms with Crippen molar-refractivity contribution in [3.63, 3.8) is 0 Å². The predicted octanol–water partition coefficient (Wildman–Crippen LogP) is 4.69. The first-order chi connectivity index (χ1) is 12.9. The van der Waals surface area contributed by atoms with Crippen molar-refractivity contribution in [1.29, 1.82) is 0 Å². The van der Waals surface area contributed by atoms with Crippen molar-refractivity contribution in [2.75, 3.05) is 12.0 Å². The van der Waals surface area contributed by atoms with Crippen molar-refractivity contribution in [3.05, 3.63) is 82.7 Å². The number of Topliss-reactive ketones (excluding diaryl/α,β-unsaturated/α-hetero) is 1. The van der Waals surface area contributed by atoms with Gasteiger partial charge in [-0.15, -0.1) is 0 Å². The van der Waals surface area contributed by atoms with Gasteiger partial charge in [-0.05, 0) is 42.2 Å². The van der Waals surface area contributed by atoms with Gasteiger partial charge in [-0.1, -0.05) is 56.3 Å². The molecule has 0 saturated heterocycles. The van der Waals surface area contributed by atoms with Gasteiger partial charge in [-0.2, -0.15) is 0 Å². The monoisotopic (exact) mass is 361 g/mol. The Morgan fingerprint density at radius 3 is 2.22 bits per heavy atom. The summed E-state index contributed by atoms with van der Waals surface area (Å²) in [6.07, 6.45) is 1.82. The smallest absolute Gasteiger partial charge is 0.343 e. The number of esters is 1. The third kappa shape index (κ3) is 3.56. The zero-order valence-corrected chi connectivity index (χ0v) is 16.0. The summed E-state index contributed by atoms with van der Waals surface area (Å²) in [5, 5.41) is 0. The van der Waals surface area contributed by atoms with Gasteiger partial charge in [0, 0.05) is 11.4 Å². The maximum Gasteiger partial charge on any atom is 0.343 e. The topological polar surface area (TPSA) is 46.6 Å². The molecule has 2 aromatic carbocycles. The first kappa shape index (κ1) is 18.6. The summed E-state index contributed by atoms with van der Waals surface area (Å²) in [5.74, 6) is -0.497. The second-order valence-electron chi connectivity index (χ2n) is 6.80. The highest BCUT2D eigenvalue weighted by atomic mass is 16.5. The van der Waals surface area contributed by atoms with Crippen molar-refractivity contribution >= 4 is 23.5 Å². The van der Waals surface area contributed by atoms with Gasteiger partial charge in [-0.25, -0.2) is 4.79 Å². The summed E-state index contributed by atoms with van der Waals surface area (Å²) in [6, 6.07) is 17.6. The largest absolute Gasteiger partial charge is 0.465 e. The lowest BCUT2D eigenvalue weighted by molar-refractivity contribution is -0.137. The molecule has 0 fully saturated rings. The van der Waals surface area contributed by atoms with Crippen molar-refractivity contribution in [1.82, 2.24) is 0 Å². The summed E-state index contributed by atoms with van der Waals surface area (Å²) < 4.78 is 4.83. The summed E-state index contributed by atoms with van der Waals surface area (Å²) >= 11 is 0. The molecule has 2 aromatic rings. The normalized spacial score (nSPS) is 15.8. The molecule has 138 valence electrons. The Morgan fingerprint density at radius 1 is 1.04 bits per heavy atom. The van der Waals surface area contributed by atoms with Crippen LogP contribution in [-0.4, -0.2) is 18.9 Å². The average Bonchev–Trinajstić information content (AvgIpc) is 2.92. The van der Waals surface area contributed by atoms with Crippen molar-refractivity contribution < 1.29 is 14.3 Å². The fourth-order valence-electron chi connectivity index (χ4n) is 3.20. The third-order valence-corrected chi connectivity index (χ3v) is 4.71. The van der Waals surface area contributed by atoms with Crippen LogP contribution in [-0.2, 0) is 14.3 Å². The zero-order valence-electron chi connectivity index (χ0n) is 16.0. The quantitative estimate of drug-likeness (QED) is 0.450. The number of ether oxygens (including phenoxy) is 1. The first-order valence-electron chi connectivity index (χ1n) is 8.94. The Balaban J connectivity index is 2.09. The lowest BCUT2D eigenvalue weighted by atomic mass is 10.0. The van der Waals surface area contributed by atoms with Crippen molar-refractivity contribution in [2.24, 2.45) is 0 Å². The van der Waals surface area contributed by atoms with Gasteiger partial charge in [0.25, 0.3) is 0 Å². The molecule has 0 amide bonds. The van der Waals surface area contributed by atoms with Crippen LogP contribution in [0.5, 0.6) is 0 Å². The summed E-state index contributed by atoms with van der Waals surface area (Å²) in [6.45, 7) is 6.04. The van der Waals surface area contributed by atoms with E-state index in [0.717, 1.165) is 11.3 Å². The minimum absolute atomic E-state index is 0.0754. The SMILES string of the molecule is COC(=O)C1=C(C)N(c2ccccc2)/C(=C/c2ccc(C(C)C)cc2)C1=O. The van der Waals surface area contributed by atoms with Crippen LogP contribution >= 0.6 is 0 Å². The van der Waals surface area contributed by atoms with Crippen molar-refractivity contribution in [2.45, 2.75) is 26.7 Å². The molecule has 0 unspecified atom stereocenters. The van der Waals surface area contributed by atoms with E-state index in [9.17, 15) is 9.59 Å². The van der Waals surface area contributed by atoms with Crippen LogP contribution in [0.2, 0.25) is 0 Å². The molecule has 0 bridgehead atoms. The maximum absolute atomic E-state index is 13.0. The number of hydrogen-bond donors (Lipinski definition) is 0. The molecular weight excluding hydrogens is 338 g/mol. The molecule has 4 heteroatoms. The Hall–Kier alpha value is -3.14. The molecule has 0 saturated carbocycles. The number of carbonyl (C=O) groups excluding carboxylic acids is 2. The molecule has 3 rings (SSSR count). The second-order valence-corrected chi connectivity index (χ2v) is 6.80. The lowest BCUT2D eigenvalue weighted by Crippen LogP contribution is -2.18. The zero-order chi connectivity index (χ0) is 19.6. The van der Waals surface area contributed by atoms with Crippen LogP contribution in [0.1, 0.15) is 37.8 Å². The van der Waals surface area contributed by atoms with Gasteiger partial charge in [0.15, 0.2) is 0 Å². The van der Waals surface area contributed by atoms with E-state index < -0.39 is 5.97 Å². The van der Waals surface area contributed by atoms with Crippen molar-refractivity contribution in [3.8, 4) is 0 Å². The summed E-state index contributed by atoms with van der Waals surface area (Å²) in [5.41, 5.74) is 4.06. The molecule has 0 spiro atoms. The van der Waals surface area contributed by atoms with E-state index in [1.165, 1.54) is 12.7 Å². The number of benzene rings is 2. The number of para-hydroxylation sites is 1. The van der Waals surface area contributed by atoms with Gasteiger partial charge >= 0.3 is 5.97 Å². The summed E-state index contributed by atoms with van der Waals surface area (Å²) in [4.78, 5) is 27.0. The van der Waals surface area contributed by atoms with E-state index >= 15 is 0 Å². The Kier molecular flexibility index (Phi) is 5.26. The molecule has 4 nitrogen and oxygen atoms in total. The lowest BCUT2D eigenvalue weighted by Gasteiger charge is -2.21. The first-order valence-corrected chi connectivity index (χ1v) is 8.94. The minimum atomic E-state index is -0.614. The highest BCUT2D eigenvalue weighted by molar-refractivity contribution is 6.30. The number of rotatable bonds is 4. The minimum Gasteiger partial charge on any atom is -0.465 e. The maximum atomic E-state index is 13.0. The van der Waals surface area contributed by atoms with E-state index in [4.69, 9.17) is 4.74 Å². The van der Waals surface area contributed by atoms with Crippen LogP contribution in [0.15, 0.2) is 71.6 Å². The van der Waals surface area contributed by atoms with E-state index in [0.29, 0.717) is 17.3 Å². The van der Waals surface area contributed by atoms with Crippen LogP contribution in [0.4, 0.5) is 5.69 Å². The molecule has 0 aliphatic carbocycles. The summed E-state index contributed by atoms with van der Waals surface area (Å²) in [7, 11) is 1.29. The van der Waals surface area contributed by atoms with Crippen LogP contribution in [0.25, 0.3) is 6.08 Å². The van der Waals surface area contributed by atoms with Crippen LogP contribution in [0.3, 0.4) is 0 Å². The Morgan fingerprint density at radius 2 is 1.67 bits per heavy atom. The third-order valence-electron chi connectivity index (χ3n) is 4.71. The molecule has 27 heavy (non-hydrogen) atoms. The molecule has 0 N–H and O–H groups in total. The second kappa shape index (κ2) is 7.62. The van der Waals surface area contributed by atoms with E-state index in [1.807, 2.05) is 53.4 Å². The standard InChI is InChI=1S/C23H23NO3/c1-15(2)18-12-10-17(11-13-18)14-20-22(25)21(23(26)27-4)16(3)24(20)19-8-6-5-7-9-19/h5-15H,1-4H3/b20-14+. The molecule has 0 atom stereocenters. The number of nitrogens with zero attached hydrogens (tertiary/aromatic N) is 1. The average molecular weight is 361 g/mol. The molecule has 1 heterocycles. The number of methoxy groups -OCH3 is 1.